The van der Waals surface area contributed by atoms with Gasteiger partial charge in [-0.05, 0) is 31.0 Å². The number of benzene rings is 1. The average molecular weight is 210 g/mol. The normalized spacial score (nSPS) is 18.6. The molecule has 0 aromatic heterocycles. The van der Waals surface area contributed by atoms with Crippen LogP contribution in [-0.2, 0) is 10.0 Å². The van der Waals surface area contributed by atoms with Gasteiger partial charge < -0.3 is 0 Å². The van der Waals surface area contributed by atoms with E-state index in [1.165, 1.54) is 0 Å². The van der Waals surface area contributed by atoms with E-state index in [9.17, 15) is 8.42 Å². The zero-order valence-electron chi connectivity index (χ0n) is 7.81. The summed E-state index contributed by atoms with van der Waals surface area (Å²) in [5, 5.41) is 0. The van der Waals surface area contributed by atoms with Gasteiger partial charge in [-0.2, -0.15) is 4.31 Å². The predicted molar refractivity (Wildman–Crippen MR) is 53.3 cm³/mol. The summed E-state index contributed by atoms with van der Waals surface area (Å²) in [5.74, 6) is 0. The first kappa shape index (κ1) is 9.68. The van der Waals surface area contributed by atoms with Gasteiger partial charge in [-0.1, -0.05) is 12.1 Å². The number of sulfonamides is 1. The largest absolute Gasteiger partial charge is 0.243 e. The van der Waals surface area contributed by atoms with Gasteiger partial charge in [0.15, 0.2) is 0 Å². The summed E-state index contributed by atoms with van der Waals surface area (Å²) in [4.78, 5) is 0.373. The van der Waals surface area contributed by atoms with Crippen molar-refractivity contribution in [3.63, 3.8) is 0 Å². The van der Waals surface area contributed by atoms with Crippen molar-refractivity contribution >= 4 is 10.0 Å². The van der Waals surface area contributed by atoms with Crippen molar-refractivity contribution in [2.24, 2.45) is 0 Å². The van der Waals surface area contributed by atoms with Gasteiger partial charge in [0.25, 0.3) is 0 Å². The third-order valence-corrected chi connectivity index (χ3v) is 4.30. The van der Waals surface area contributed by atoms with Crippen LogP contribution in [0.2, 0.25) is 0 Å². The summed E-state index contributed by atoms with van der Waals surface area (Å²) in [5.41, 5.74) is 0. The molecule has 0 saturated carbocycles. The van der Waals surface area contributed by atoms with Crippen LogP contribution >= 0.6 is 0 Å². The molecule has 14 heavy (non-hydrogen) atoms. The molecule has 3 nitrogen and oxygen atoms in total. The van der Waals surface area contributed by atoms with Crippen LogP contribution in [0.25, 0.3) is 0 Å². The fourth-order valence-corrected chi connectivity index (χ4v) is 3.14. The number of hydrogen-bond donors (Lipinski definition) is 0. The molecule has 0 aliphatic carbocycles. The third kappa shape index (κ3) is 1.67. The SMILES string of the molecule is O=S(=O)(c1cc[c]cc1)N1CCCC1. The minimum Gasteiger partial charge on any atom is -0.207 e. The van der Waals surface area contributed by atoms with Crippen LogP contribution in [0.15, 0.2) is 29.2 Å². The van der Waals surface area contributed by atoms with E-state index in [-0.39, 0.29) is 0 Å². The molecule has 1 heterocycles. The van der Waals surface area contributed by atoms with E-state index in [4.69, 9.17) is 0 Å². The second-order valence-electron chi connectivity index (χ2n) is 3.35. The molecular weight excluding hydrogens is 198 g/mol. The molecule has 1 aliphatic heterocycles. The van der Waals surface area contributed by atoms with Crippen molar-refractivity contribution < 1.29 is 8.42 Å². The minimum absolute atomic E-state index is 0.373. The summed E-state index contributed by atoms with van der Waals surface area (Å²) < 4.78 is 25.4. The van der Waals surface area contributed by atoms with Crippen molar-refractivity contribution in [2.75, 3.05) is 13.1 Å². The fourth-order valence-electron chi connectivity index (χ4n) is 1.62. The molecule has 0 unspecified atom stereocenters. The first-order chi connectivity index (χ1) is 6.71. The highest BCUT2D eigenvalue weighted by Gasteiger charge is 2.26. The molecule has 1 aromatic rings. The molecule has 0 spiro atoms. The van der Waals surface area contributed by atoms with Gasteiger partial charge in [0.1, 0.15) is 0 Å². The van der Waals surface area contributed by atoms with Crippen LogP contribution in [-0.4, -0.2) is 25.8 Å². The number of hydrogen-bond acceptors (Lipinski definition) is 2. The Bertz CT molecular complexity index is 393. The Morgan fingerprint density at radius 2 is 1.71 bits per heavy atom. The minimum atomic E-state index is -3.23. The Hall–Kier alpha value is -0.870. The Labute approximate surface area is 84.4 Å². The molecule has 75 valence electrons. The maximum atomic E-state index is 11.9. The van der Waals surface area contributed by atoms with E-state index < -0.39 is 10.0 Å². The van der Waals surface area contributed by atoms with Crippen LogP contribution in [0.1, 0.15) is 12.8 Å². The van der Waals surface area contributed by atoms with Crippen molar-refractivity contribution in [1.29, 1.82) is 0 Å². The van der Waals surface area contributed by atoms with Crippen LogP contribution in [0.4, 0.5) is 0 Å². The molecule has 1 radical (unpaired) electrons. The van der Waals surface area contributed by atoms with E-state index in [0.29, 0.717) is 18.0 Å². The van der Waals surface area contributed by atoms with Crippen molar-refractivity contribution in [3.05, 3.63) is 30.3 Å². The summed E-state index contributed by atoms with van der Waals surface area (Å²) >= 11 is 0. The van der Waals surface area contributed by atoms with E-state index in [2.05, 4.69) is 6.07 Å². The van der Waals surface area contributed by atoms with Crippen molar-refractivity contribution in [3.8, 4) is 0 Å². The quantitative estimate of drug-likeness (QED) is 0.737. The summed E-state index contributed by atoms with van der Waals surface area (Å²) in [7, 11) is -3.23. The molecule has 4 heteroatoms. The van der Waals surface area contributed by atoms with E-state index in [0.717, 1.165) is 12.8 Å². The zero-order valence-corrected chi connectivity index (χ0v) is 8.63. The monoisotopic (exact) mass is 210 g/mol. The van der Waals surface area contributed by atoms with Gasteiger partial charge >= 0.3 is 0 Å². The van der Waals surface area contributed by atoms with Gasteiger partial charge in [0, 0.05) is 13.1 Å². The van der Waals surface area contributed by atoms with Gasteiger partial charge in [-0.25, -0.2) is 8.42 Å². The van der Waals surface area contributed by atoms with Gasteiger partial charge in [0.05, 0.1) is 4.90 Å². The van der Waals surface area contributed by atoms with Gasteiger partial charge in [-0.15, -0.1) is 0 Å². The van der Waals surface area contributed by atoms with Gasteiger partial charge in [0.2, 0.25) is 10.0 Å². The molecule has 2 rings (SSSR count). The maximum Gasteiger partial charge on any atom is 0.243 e. The standard InChI is InChI=1S/C10H12NO2S/c12-14(13,11-8-4-5-9-11)10-6-2-1-3-7-10/h2-3,6-7H,4-5,8-9H2. The molecule has 1 fully saturated rings. The van der Waals surface area contributed by atoms with Crippen LogP contribution in [0.3, 0.4) is 0 Å². The highest BCUT2D eigenvalue weighted by molar-refractivity contribution is 7.89. The first-order valence-corrected chi connectivity index (χ1v) is 6.11. The average Bonchev–Trinajstić information content (AvgIpc) is 2.72. The number of nitrogens with zero attached hydrogens (tertiary/aromatic N) is 1. The summed E-state index contributed by atoms with van der Waals surface area (Å²) in [6.45, 7) is 1.31. The fraction of sp³-hybridized carbons (Fsp3) is 0.400. The molecule has 1 aromatic carbocycles. The molecule has 0 amide bonds. The zero-order chi connectivity index (χ0) is 10.0. The Morgan fingerprint density at radius 3 is 2.29 bits per heavy atom. The third-order valence-electron chi connectivity index (χ3n) is 2.39. The van der Waals surface area contributed by atoms with Crippen molar-refractivity contribution in [1.82, 2.24) is 4.31 Å². The lowest BCUT2D eigenvalue weighted by atomic mass is 10.4. The molecule has 1 saturated heterocycles. The summed E-state index contributed by atoms with van der Waals surface area (Å²) in [6.07, 6.45) is 1.94. The molecule has 0 atom stereocenters. The van der Waals surface area contributed by atoms with E-state index in [1.54, 1.807) is 28.6 Å². The smallest absolute Gasteiger partial charge is 0.207 e. The lowest BCUT2D eigenvalue weighted by Crippen LogP contribution is -2.27. The Morgan fingerprint density at radius 1 is 1.14 bits per heavy atom. The molecular formula is C10H12NO2S. The van der Waals surface area contributed by atoms with Crippen LogP contribution in [0.5, 0.6) is 0 Å². The number of rotatable bonds is 2. The molecule has 1 aliphatic rings. The van der Waals surface area contributed by atoms with Crippen LogP contribution in [0, 0.1) is 6.07 Å². The second-order valence-corrected chi connectivity index (χ2v) is 5.28. The maximum absolute atomic E-state index is 11.9. The van der Waals surface area contributed by atoms with Gasteiger partial charge in [-0.3, -0.25) is 0 Å². The lowest BCUT2D eigenvalue weighted by molar-refractivity contribution is 0.477. The predicted octanol–water partition coefficient (Wildman–Crippen LogP) is 1.27. The highest BCUT2D eigenvalue weighted by Crippen LogP contribution is 2.19. The molecule has 0 N–H and O–H groups in total. The lowest BCUT2D eigenvalue weighted by Gasteiger charge is -2.14. The topological polar surface area (TPSA) is 37.4 Å². The van der Waals surface area contributed by atoms with Crippen molar-refractivity contribution in [2.45, 2.75) is 17.7 Å². The molecule has 0 bridgehead atoms. The Kier molecular flexibility index (Phi) is 2.56. The Balaban J connectivity index is 2.33. The van der Waals surface area contributed by atoms with E-state index in [1.807, 2.05) is 0 Å². The van der Waals surface area contributed by atoms with Crippen LogP contribution < -0.4 is 0 Å². The highest BCUT2D eigenvalue weighted by atomic mass is 32.2. The second kappa shape index (κ2) is 3.71. The first-order valence-electron chi connectivity index (χ1n) is 4.67. The van der Waals surface area contributed by atoms with E-state index >= 15 is 0 Å². The summed E-state index contributed by atoms with van der Waals surface area (Å²) in [6, 6.07) is 9.25.